The smallest absolute Gasteiger partial charge is 0.170 e. The predicted molar refractivity (Wildman–Crippen MR) is 73.9 cm³/mol. The van der Waals surface area contributed by atoms with Crippen LogP contribution in [0.3, 0.4) is 0 Å². The highest BCUT2D eigenvalue weighted by Crippen LogP contribution is 2.33. The van der Waals surface area contributed by atoms with Crippen molar-refractivity contribution >= 4 is 11.5 Å². The van der Waals surface area contributed by atoms with Crippen LogP contribution in [0.25, 0.3) is 0 Å². The SMILES string of the molecule is NCc1ccnc(N2CCCc3ccccc32)c1F. The lowest BCUT2D eigenvalue weighted by Gasteiger charge is -2.30. The van der Waals surface area contributed by atoms with E-state index in [0.717, 1.165) is 25.1 Å². The normalized spacial score (nSPS) is 14.3. The summed E-state index contributed by atoms with van der Waals surface area (Å²) in [7, 11) is 0. The Morgan fingerprint density at radius 3 is 2.95 bits per heavy atom. The molecule has 0 saturated carbocycles. The van der Waals surface area contributed by atoms with E-state index < -0.39 is 0 Å². The third kappa shape index (κ3) is 2.08. The largest absolute Gasteiger partial charge is 0.326 e. The average Bonchev–Trinajstić information content (AvgIpc) is 2.47. The van der Waals surface area contributed by atoms with Gasteiger partial charge in [0.25, 0.3) is 0 Å². The Morgan fingerprint density at radius 1 is 1.26 bits per heavy atom. The minimum Gasteiger partial charge on any atom is -0.326 e. The van der Waals surface area contributed by atoms with E-state index in [1.807, 2.05) is 23.1 Å². The quantitative estimate of drug-likeness (QED) is 0.899. The van der Waals surface area contributed by atoms with Gasteiger partial charge in [0.1, 0.15) is 0 Å². The third-order valence-electron chi connectivity index (χ3n) is 3.54. The molecule has 3 nitrogen and oxygen atoms in total. The molecule has 4 heteroatoms. The lowest BCUT2D eigenvalue weighted by Crippen LogP contribution is -2.26. The molecular formula is C15H16FN3. The van der Waals surface area contributed by atoms with Crippen molar-refractivity contribution in [1.82, 2.24) is 4.98 Å². The molecule has 1 aliphatic heterocycles. The van der Waals surface area contributed by atoms with E-state index in [1.54, 1.807) is 12.3 Å². The molecule has 2 aromatic rings. The summed E-state index contributed by atoms with van der Waals surface area (Å²) in [5, 5.41) is 0. The molecule has 0 spiro atoms. The lowest BCUT2D eigenvalue weighted by atomic mass is 10.0. The fourth-order valence-corrected chi connectivity index (χ4v) is 2.57. The number of hydrogen-bond donors (Lipinski definition) is 1. The van der Waals surface area contributed by atoms with Gasteiger partial charge >= 0.3 is 0 Å². The first-order chi connectivity index (χ1) is 9.31. The number of halogens is 1. The van der Waals surface area contributed by atoms with Gasteiger partial charge in [0, 0.05) is 30.5 Å². The topological polar surface area (TPSA) is 42.1 Å². The van der Waals surface area contributed by atoms with Gasteiger partial charge in [-0.2, -0.15) is 0 Å². The van der Waals surface area contributed by atoms with Gasteiger partial charge in [0.2, 0.25) is 0 Å². The standard InChI is InChI=1S/C15H16FN3/c16-14-12(10-17)7-8-18-15(14)19-9-3-5-11-4-1-2-6-13(11)19/h1-2,4,6-8H,3,5,9-10,17H2. The van der Waals surface area contributed by atoms with Crippen LogP contribution >= 0.6 is 0 Å². The maximum atomic E-state index is 14.4. The van der Waals surface area contributed by atoms with E-state index in [0.29, 0.717) is 11.4 Å². The first-order valence-electron chi connectivity index (χ1n) is 6.50. The number of aromatic nitrogens is 1. The number of hydrogen-bond acceptors (Lipinski definition) is 3. The molecule has 0 unspecified atom stereocenters. The number of benzene rings is 1. The second-order valence-electron chi connectivity index (χ2n) is 4.70. The van der Waals surface area contributed by atoms with Gasteiger partial charge in [-0.1, -0.05) is 18.2 Å². The zero-order valence-electron chi connectivity index (χ0n) is 10.6. The number of pyridine rings is 1. The molecule has 0 saturated heterocycles. The summed E-state index contributed by atoms with van der Waals surface area (Å²) in [4.78, 5) is 6.16. The second kappa shape index (κ2) is 4.97. The number of rotatable bonds is 2. The van der Waals surface area contributed by atoms with Gasteiger partial charge in [0.15, 0.2) is 11.6 Å². The van der Waals surface area contributed by atoms with Crippen molar-refractivity contribution in [2.75, 3.05) is 11.4 Å². The molecule has 1 aliphatic rings. The Bertz CT molecular complexity index is 598. The maximum Gasteiger partial charge on any atom is 0.170 e. The van der Waals surface area contributed by atoms with Crippen molar-refractivity contribution in [1.29, 1.82) is 0 Å². The van der Waals surface area contributed by atoms with E-state index in [1.165, 1.54) is 5.56 Å². The average molecular weight is 257 g/mol. The molecule has 1 aromatic carbocycles. The van der Waals surface area contributed by atoms with Crippen LogP contribution in [-0.2, 0) is 13.0 Å². The van der Waals surface area contributed by atoms with Gasteiger partial charge in [-0.3, -0.25) is 0 Å². The fourth-order valence-electron chi connectivity index (χ4n) is 2.57. The summed E-state index contributed by atoms with van der Waals surface area (Å²) in [6, 6.07) is 9.73. The van der Waals surface area contributed by atoms with Crippen molar-refractivity contribution in [2.45, 2.75) is 19.4 Å². The number of anilines is 2. The van der Waals surface area contributed by atoms with E-state index >= 15 is 0 Å². The summed E-state index contributed by atoms with van der Waals surface area (Å²) in [5.41, 5.74) is 8.36. The van der Waals surface area contributed by atoms with Gasteiger partial charge in [-0.25, -0.2) is 9.37 Å². The highest BCUT2D eigenvalue weighted by atomic mass is 19.1. The lowest BCUT2D eigenvalue weighted by molar-refractivity contribution is 0.597. The molecule has 1 aromatic heterocycles. The summed E-state index contributed by atoms with van der Waals surface area (Å²) < 4.78 is 14.4. The number of fused-ring (bicyclic) bond motifs is 1. The number of aryl methyl sites for hydroxylation is 1. The van der Waals surface area contributed by atoms with Crippen LogP contribution in [0.4, 0.5) is 15.9 Å². The minimum absolute atomic E-state index is 0.191. The van der Waals surface area contributed by atoms with E-state index in [-0.39, 0.29) is 12.4 Å². The van der Waals surface area contributed by atoms with Crippen molar-refractivity contribution in [3.05, 3.63) is 53.5 Å². The van der Waals surface area contributed by atoms with Crippen molar-refractivity contribution in [2.24, 2.45) is 5.73 Å². The second-order valence-corrected chi connectivity index (χ2v) is 4.70. The van der Waals surface area contributed by atoms with E-state index in [2.05, 4.69) is 11.1 Å². The molecule has 0 bridgehead atoms. The molecular weight excluding hydrogens is 241 g/mol. The number of nitrogens with zero attached hydrogens (tertiary/aromatic N) is 2. The van der Waals surface area contributed by atoms with Gasteiger partial charge in [0.05, 0.1) is 0 Å². The summed E-state index contributed by atoms with van der Waals surface area (Å²) >= 11 is 0. The monoisotopic (exact) mass is 257 g/mol. The van der Waals surface area contributed by atoms with Crippen LogP contribution in [0.1, 0.15) is 17.5 Å². The van der Waals surface area contributed by atoms with Gasteiger partial charge in [-0.05, 0) is 30.5 Å². The van der Waals surface area contributed by atoms with E-state index in [9.17, 15) is 4.39 Å². The Hall–Kier alpha value is -1.94. The molecule has 3 rings (SSSR count). The first-order valence-corrected chi connectivity index (χ1v) is 6.50. The van der Waals surface area contributed by atoms with E-state index in [4.69, 9.17) is 5.73 Å². The maximum absolute atomic E-state index is 14.4. The van der Waals surface area contributed by atoms with Crippen LogP contribution in [0.5, 0.6) is 0 Å². The molecule has 0 radical (unpaired) electrons. The molecule has 19 heavy (non-hydrogen) atoms. The first kappa shape index (κ1) is 12.1. The van der Waals surface area contributed by atoms with Crippen LogP contribution in [-0.4, -0.2) is 11.5 Å². The Labute approximate surface area is 111 Å². The minimum atomic E-state index is -0.304. The zero-order valence-corrected chi connectivity index (χ0v) is 10.6. The van der Waals surface area contributed by atoms with Crippen molar-refractivity contribution in [3.8, 4) is 0 Å². The van der Waals surface area contributed by atoms with Crippen LogP contribution < -0.4 is 10.6 Å². The molecule has 2 heterocycles. The van der Waals surface area contributed by atoms with Crippen LogP contribution in [0.2, 0.25) is 0 Å². The molecule has 98 valence electrons. The zero-order chi connectivity index (χ0) is 13.2. The predicted octanol–water partition coefficient (Wildman–Crippen LogP) is 2.76. The summed E-state index contributed by atoms with van der Waals surface area (Å²) in [5.74, 6) is 0.0804. The van der Waals surface area contributed by atoms with Gasteiger partial charge < -0.3 is 10.6 Å². The van der Waals surface area contributed by atoms with Gasteiger partial charge in [-0.15, -0.1) is 0 Å². The summed E-state index contributed by atoms with van der Waals surface area (Å²) in [6.45, 7) is 0.978. The van der Waals surface area contributed by atoms with Crippen molar-refractivity contribution in [3.63, 3.8) is 0 Å². The highest BCUT2D eigenvalue weighted by Gasteiger charge is 2.22. The fraction of sp³-hybridized carbons (Fsp3) is 0.267. The van der Waals surface area contributed by atoms with Crippen LogP contribution in [0.15, 0.2) is 36.5 Å². The molecule has 0 fully saturated rings. The Kier molecular flexibility index (Phi) is 3.17. The van der Waals surface area contributed by atoms with Crippen LogP contribution in [0, 0.1) is 5.82 Å². The molecule has 2 N–H and O–H groups in total. The number of para-hydroxylation sites is 1. The highest BCUT2D eigenvalue weighted by molar-refractivity contribution is 5.66. The third-order valence-corrected chi connectivity index (χ3v) is 3.54. The summed E-state index contributed by atoms with van der Waals surface area (Å²) in [6.07, 6.45) is 3.66. The Morgan fingerprint density at radius 2 is 2.11 bits per heavy atom. The Balaban J connectivity index is 2.09. The van der Waals surface area contributed by atoms with Crippen molar-refractivity contribution < 1.29 is 4.39 Å². The number of nitrogens with two attached hydrogens (primary N) is 1. The molecule has 0 aliphatic carbocycles. The molecule has 0 atom stereocenters. The molecule has 0 amide bonds.